The number of hydrogen-bond acceptors (Lipinski definition) is 1. The summed E-state index contributed by atoms with van der Waals surface area (Å²) in [5.74, 6) is 3.16. The zero-order valence-corrected chi connectivity index (χ0v) is 6.89. The van der Waals surface area contributed by atoms with Gasteiger partial charge in [-0.15, -0.1) is 12.3 Å². The Kier molecular flexibility index (Phi) is 6.32. The molecule has 1 aliphatic heterocycles. The van der Waals surface area contributed by atoms with Gasteiger partial charge in [0.25, 0.3) is 0 Å². The van der Waals surface area contributed by atoms with Crippen LogP contribution in [0.4, 0.5) is 0 Å². The maximum Gasteiger partial charge on any atom is 0.0468 e. The van der Waals surface area contributed by atoms with Crippen LogP contribution in [0.3, 0.4) is 0 Å². The molecule has 1 fully saturated rings. The van der Waals surface area contributed by atoms with Gasteiger partial charge in [0.2, 0.25) is 0 Å². The molecule has 0 aromatic rings. The van der Waals surface area contributed by atoms with Crippen LogP contribution in [-0.2, 0) is 4.74 Å². The highest BCUT2D eigenvalue weighted by Gasteiger charge is 2.06. The van der Waals surface area contributed by atoms with Crippen molar-refractivity contribution in [2.45, 2.75) is 26.7 Å². The Morgan fingerprint density at radius 1 is 1.40 bits per heavy atom. The Morgan fingerprint density at radius 3 is 2.00 bits per heavy atom. The van der Waals surface area contributed by atoms with Crippen LogP contribution >= 0.6 is 0 Å². The van der Waals surface area contributed by atoms with Crippen LogP contribution in [0.1, 0.15) is 26.7 Å². The molecule has 0 bridgehead atoms. The van der Waals surface area contributed by atoms with Gasteiger partial charge in [0.1, 0.15) is 0 Å². The van der Waals surface area contributed by atoms with Crippen LogP contribution in [0, 0.1) is 18.3 Å². The Labute approximate surface area is 63.8 Å². The molecule has 1 saturated heterocycles. The van der Waals surface area contributed by atoms with Gasteiger partial charge in [-0.25, -0.2) is 0 Å². The van der Waals surface area contributed by atoms with E-state index >= 15 is 0 Å². The van der Waals surface area contributed by atoms with Gasteiger partial charge >= 0.3 is 0 Å². The predicted molar refractivity (Wildman–Crippen MR) is 43.7 cm³/mol. The summed E-state index contributed by atoms with van der Waals surface area (Å²) < 4.78 is 5.14. The molecule has 1 rings (SSSR count). The van der Waals surface area contributed by atoms with E-state index < -0.39 is 0 Å². The lowest BCUT2D eigenvalue weighted by atomic mass is 10.0. The molecule has 1 aliphatic rings. The molecular weight excluding hydrogens is 124 g/mol. The molecule has 0 atom stereocenters. The summed E-state index contributed by atoms with van der Waals surface area (Å²) in [4.78, 5) is 0. The molecule has 0 aromatic heterocycles. The summed E-state index contributed by atoms with van der Waals surface area (Å²) in [6.07, 6.45) is 7.12. The zero-order chi connectivity index (χ0) is 7.82. The quantitative estimate of drug-likeness (QED) is 0.468. The van der Waals surface area contributed by atoms with Gasteiger partial charge in [-0.05, 0) is 25.7 Å². The van der Waals surface area contributed by atoms with Gasteiger partial charge in [0, 0.05) is 13.2 Å². The second-order valence-electron chi connectivity index (χ2n) is 2.58. The lowest BCUT2D eigenvalue weighted by molar-refractivity contribution is 0.0716. The van der Waals surface area contributed by atoms with E-state index in [2.05, 4.69) is 19.3 Å². The molecule has 1 heteroatoms. The first kappa shape index (κ1) is 9.52. The van der Waals surface area contributed by atoms with Gasteiger partial charge in [-0.1, -0.05) is 6.92 Å². The van der Waals surface area contributed by atoms with Crippen molar-refractivity contribution in [2.75, 3.05) is 13.2 Å². The molecule has 0 amide bonds. The average Bonchev–Trinajstić information content (AvgIpc) is 1.91. The predicted octanol–water partition coefficient (Wildman–Crippen LogP) is 2.07. The number of rotatable bonds is 0. The Morgan fingerprint density at radius 2 is 1.80 bits per heavy atom. The van der Waals surface area contributed by atoms with Crippen LogP contribution < -0.4 is 0 Å². The molecule has 0 N–H and O–H groups in total. The van der Waals surface area contributed by atoms with Crippen molar-refractivity contribution in [1.82, 2.24) is 0 Å². The van der Waals surface area contributed by atoms with E-state index in [1.54, 1.807) is 6.92 Å². The minimum Gasteiger partial charge on any atom is -0.381 e. The number of ether oxygens (including phenoxy) is 1. The van der Waals surface area contributed by atoms with Gasteiger partial charge in [0.05, 0.1) is 0 Å². The fraction of sp³-hybridized carbons (Fsp3) is 0.778. The van der Waals surface area contributed by atoms with Gasteiger partial charge in [0.15, 0.2) is 0 Å². The summed E-state index contributed by atoms with van der Waals surface area (Å²) in [5.41, 5.74) is 0. The molecule has 10 heavy (non-hydrogen) atoms. The van der Waals surface area contributed by atoms with E-state index in [1.807, 2.05) is 0 Å². The van der Waals surface area contributed by atoms with Gasteiger partial charge in [-0.2, -0.15) is 0 Å². The molecule has 0 aliphatic carbocycles. The summed E-state index contributed by atoms with van der Waals surface area (Å²) in [7, 11) is 0. The normalized spacial score (nSPS) is 18.5. The average molecular weight is 140 g/mol. The standard InChI is InChI=1S/C6H12O.C3H4/c1-6-2-4-7-5-3-6;1-3-2/h6H,2-5H2,1H3;1H,2H3. The van der Waals surface area contributed by atoms with Crippen LogP contribution in [-0.4, -0.2) is 13.2 Å². The highest BCUT2D eigenvalue weighted by atomic mass is 16.5. The van der Waals surface area contributed by atoms with Crippen molar-refractivity contribution in [3.63, 3.8) is 0 Å². The summed E-state index contributed by atoms with van der Waals surface area (Å²) in [6.45, 7) is 5.91. The van der Waals surface area contributed by atoms with Crippen LogP contribution in [0.25, 0.3) is 0 Å². The van der Waals surface area contributed by atoms with Crippen LogP contribution in [0.5, 0.6) is 0 Å². The summed E-state index contributed by atoms with van der Waals surface area (Å²) >= 11 is 0. The first-order chi connectivity index (χ1) is 4.81. The molecule has 0 radical (unpaired) electrons. The third-order valence-electron chi connectivity index (χ3n) is 1.51. The highest BCUT2D eigenvalue weighted by Crippen LogP contribution is 2.11. The molecule has 58 valence electrons. The molecule has 0 saturated carbocycles. The molecular formula is C9H16O. The zero-order valence-electron chi connectivity index (χ0n) is 6.89. The van der Waals surface area contributed by atoms with Crippen molar-refractivity contribution in [2.24, 2.45) is 5.92 Å². The van der Waals surface area contributed by atoms with Crippen molar-refractivity contribution in [3.8, 4) is 12.3 Å². The minimum atomic E-state index is 0.911. The monoisotopic (exact) mass is 140 g/mol. The summed E-state index contributed by atoms with van der Waals surface area (Å²) in [5, 5.41) is 0. The second kappa shape index (κ2) is 6.64. The van der Waals surface area contributed by atoms with Crippen LogP contribution in [0.2, 0.25) is 0 Å². The molecule has 0 aromatic carbocycles. The van der Waals surface area contributed by atoms with E-state index in [0.29, 0.717) is 0 Å². The SMILES string of the molecule is C#CC.CC1CCOCC1. The second-order valence-corrected chi connectivity index (χ2v) is 2.58. The first-order valence-corrected chi connectivity index (χ1v) is 3.76. The highest BCUT2D eigenvalue weighted by molar-refractivity contribution is 4.73. The van der Waals surface area contributed by atoms with E-state index in [4.69, 9.17) is 4.74 Å². The lowest BCUT2D eigenvalue weighted by Gasteiger charge is -2.16. The maximum atomic E-state index is 5.14. The van der Waals surface area contributed by atoms with E-state index in [-0.39, 0.29) is 0 Å². The van der Waals surface area contributed by atoms with Crippen molar-refractivity contribution < 1.29 is 4.74 Å². The van der Waals surface area contributed by atoms with E-state index in [1.165, 1.54) is 12.8 Å². The topological polar surface area (TPSA) is 9.23 Å². The van der Waals surface area contributed by atoms with Crippen molar-refractivity contribution in [1.29, 1.82) is 0 Å². The fourth-order valence-electron chi connectivity index (χ4n) is 0.815. The first-order valence-electron chi connectivity index (χ1n) is 3.76. The van der Waals surface area contributed by atoms with E-state index in [9.17, 15) is 0 Å². The molecule has 1 nitrogen and oxygen atoms in total. The van der Waals surface area contributed by atoms with Gasteiger partial charge in [-0.3, -0.25) is 0 Å². The smallest absolute Gasteiger partial charge is 0.0468 e. The summed E-state index contributed by atoms with van der Waals surface area (Å²) in [6, 6.07) is 0. The van der Waals surface area contributed by atoms with Crippen molar-refractivity contribution in [3.05, 3.63) is 0 Å². The minimum absolute atomic E-state index is 0.911. The maximum absolute atomic E-state index is 5.14. The third kappa shape index (κ3) is 5.65. The Hall–Kier alpha value is -0.480. The third-order valence-corrected chi connectivity index (χ3v) is 1.51. The van der Waals surface area contributed by atoms with Crippen LogP contribution in [0.15, 0.2) is 0 Å². The van der Waals surface area contributed by atoms with Gasteiger partial charge < -0.3 is 4.74 Å². The molecule has 1 heterocycles. The van der Waals surface area contributed by atoms with E-state index in [0.717, 1.165) is 19.1 Å². The fourth-order valence-corrected chi connectivity index (χ4v) is 0.815. The Balaban J connectivity index is 0.000000236. The molecule has 0 unspecified atom stereocenters. The Bertz CT molecular complexity index is 95.8. The number of hydrogen-bond donors (Lipinski definition) is 0. The largest absolute Gasteiger partial charge is 0.381 e. The lowest BCUT2D eigenvalue weighted by Crippen LogP contribution is -2.12. The molecule has 0 spiro atoms. The van der Waals surface area contributed by atoms with Crippen molar-refractivity contribution >= 4 is 0 Å². The number of terminal acetylenes is 1.